The van der Waals surface area contributed by atoms with Gasteiger partial charge in [-0.1, -0.05) is 26.0 Å². The molecule has 0 radical (unpaired) electrons. The van der Waals surface area contributed by atoms with Gasteiger partial charge in [0.2, 0.25) is 5.91 Å². The highest BCUT2D eigenvalue weighted by atomic mass is 16.8. The van der Waals surface area contributed by atoms with Gasteiger partial charge >= 0.3 is 0 Å². The fourth-order valence-corrected chi connectivity index (χ4v) is 1.61. The molecule has 1 aromatic carbocycles. The van der Waals surface area contributed by atoms with Crippen molar-refractivity contribution in [3.05, 3.63) is 35.0 Å². The van der Waals surface area contributed by atoms with Crippen LogP contribution >= 0.6 is 0 Å². The van der Waals surface area contributed by atoms with Crippen molar-refractivity contribution < 1.29 is 20.2 Å². The van der Waals surface area contributed by atoms with Crippen LogP contribution in [0.25, 0.3) is 0 Å². The number of nitrogens with one attached hydrogen (secondary N) is 1. The summed E-state index contributed by atoms with van der Waals surface area (Å²) in [4.78, 5) is 11.6. The molecule has 0 unspecified atom stereocenters. The summed E-state index contributed by atoms with van der Waals surface area (Å²) in [7, 11) is 0. The molecule has 0 spiro atoms. The second kappa shape index (κ2) is 7.20. The van der Waals surface area contributed by atoms with E-state index < -0.39 is 18.8 Å². The summed E-state index contributed by atoms with van der Waals surface area (Å²) >= 11 is 0. The third kappa shape index (κ3) is 4.17. The van der Waals surface area contributed by atoms with Crippen LogP contribution in [-0.4, -0.2) is 34.0 Å². The Morgan fingerprint density at radius 1 is 1.35 bits per heavy atom. The Bertz CT molecular complexity index is 433. The van der Waals surface area contributed by atoms with Gasteiger partial charge in [-0.25, -0.2) is 0 Å². The van der Waals surface area contributed by atoms with Crippen LogP contribution in [0, 0.1) is 11.1 Å². The van der Waals surface area contributed by atoms with Gasteiger partial charge in [-0.2, -0.15) is 0 Å². The standard InChI is InChI=1S/C13H19N2O5/c1-8(2)13(18)14-11(7-16)12(17)9-3-5-10(6-4-9)15(19)20/h3-6,8,11-12,16-17,19H,7H2,1-2H3,(H,14,18)/q-1/t11-,12-/m1/s1. The highest BCUT2D eigenvalue weighted by Crippen LogP contribution is 2.20. The van der Waals surface area contributed by atoms with Crippen molar-refractivity contribution in [3.8, 4) is 0 Å². The number of carbonyl (C=O) groups is 1. The summed E-state index contributed by atoms with van der Waals surface area (Å²) in [5.41, 5.74) is 0.437. The van der Waals surface area contributed by atoms with Crippen molar-refractivity contribution in [2.75, 3.05) is 11.8 Å². The lowest BCUT2D eigenvalue weighted by atomic mass is 10.0. The molecule has 1 amide bonds. The van der Waals surface area contributed by atoms with Crippen molar-refractivity contribution >= 4 is 11.6 Å². The lowest BCUT2D eigenvalue weighted by molar-refractivity contribution is -0.126. The smallest absolute Gasteiger partial charge is 0.222 e. The third-order valence-electron chi connectivity index (χ3n) is 2.89. The summed E-state index contributed by atoms with van der Waals surface area (Å²) in [6, 6.07) is 4.68. The van der Waals surface area contributed by atoms with Gasteiger partial charge in [0.15, 0.2) is 0 Å². The number of aliphatic hydroxyl groups is 2. The first-order valence-corrected chi connectivity index (χ1v) is 6.22. The Hall–Kier alpha value is -1.67. The van der Waals surface area contributed by atoms with E-state index in [2.05, 4.69) is 5.32 Å². The molecule has 0 saturated heterocycles. The van der Waals surface area contributed by atoms with E-state index in [1.54, 1.807) is 13.8 Å². The van der Waals surface area contributed by atoms with E-state index in [1.165, 1.54) is 24.3 Å². The molecule has 7 nitrogen and oxygen atoms in total. The largest absolute Gasteiger partial charge is 0.733 e. The Labute approximate surface area is 117 Å². The Morgan fingerprint density at radius 2 is 1.90 bits per heavy atom. The van der Waals surface area contributed by atoms with Crippen LogP contribution in [0.2, 0.25) is 0 Å². The number of benzene rings is 1. The molecule has 20 heavy (non-hydrogen) atoms. The SMILES string of the molecule is CC(C)C(=O)N[C@H](CO)[C@H](O)c1ccc(N([O-])O)cc1. The van der Waals surface area contributed by atoms with Gasteiger partial charge in [-0.3, -0.25) is 10.0 Å². The molecule has 0 saturated carbocycles. The first-order chi connectivity index (χ1) is 9.36. The van der Waals surface area contributed by atoms with E-state index >= 15 is 0 Å². The quantitative estimate of drug-likeness (QED) is 0.566. The van der Waals surface area contributed by atoms with Crippen LogP contribution < -0.4 is 10.5 Å². The van der Waals surface area contributed by atoms with Crippen molar-refractivity contribution in [1.29, 1.82) is 0 Å². The van der Waals surface area contributed by atoms with E-state index in [9.17, 15) is 20.2 Å². The van der Waals surface area contributed by atoms with Crippen LogP contribution in [0.5, 0.6) is 0 Å². The Balaban J connectivity index is 2.80. The molecule has 7 heteroatoms. The molecule has 0 aliphatic heterocycles. The summed E-state index contributed by atoms with van der Waals surface area (Å²) < 4.78 is 0. The summed E-state index contributed by atoms with van der Waals surface area (Å²) in [5, 5.41) is 41.0. The molecular formula is C13H19N2O5-. The van der Waals surface area contributed by atoms with Gasteiger partial charge in [-0.15, -0.1) is 0 Å². The summed E-state index contributed by atoms with van der Waals surface area (Å²) in [6.07, 6.45) is -1.12. The van der Waals surface area contributed by atoms with Gasteiger partial charge in [-0.05, 0) is 17.7 Å². The van der Waals surface area contributed by atoms with Crippen LogP contribution in [0.1, 0.15) is 25.5 Å². The van der Waals surface area contributed by atoms with Crippen LogP contribution in [0.3, 0.4) is 0 Å². The molecular weight excluding hydrogens is 264 g/mol. The second-order valence-corrected chi connectivity index (χ2v) is 4.76. The van der Waals surface area contributed by atoms with Gasteiger partial charge in [0.1, 0.15) is 6.10 Å². The first-order valence-electron chi connectivity index (χ1n) is 6.22. The zero-order valence-electron chi connectivity index (χ0n) is 11.4. The van der Waals surface area contributed by atoms with E-state index in [1.807, 2.05) is 0 Å². The lowest BCUT2D eigenvalue weighted by Crippen LogP contribution is -2.43. The molecule has 1 rings (SSSR count). The van der Waals surface area contributed by atoms with Crippen molar-refractivity contribution in [2.24, 2.45) is 5.92 Å². The van der Waals surface area contributed by atoms with Gasteiger partial charge in [0, 0.05) is 5.92 Å². The summed E-state index contributed by atoms with van der Waals surface area (Å²) in [5.74, 6) is -0.539. The van der Waals surface area contributed by atoms with Crippen molar-refractivity contribution in [2.45, 2.75) is 26.0 Å². The molecule has 112 valence electrons. The topological polar surface area (TPSA) is 116 Å². The summed E-state index contributed by atoms with van der Waals surface area (Å²) in [6.45, 7) is 2.99. The minimum absolute atomic E-state index is 0.0210. The van der Waals surface area contributed by atoms with Crippen LogP contribution in [0.15, 0.2) is 24.3 Å². The number of hydrogen-bond donors (Lipinski definition) is 4. The van der Waals surface area contributed by atoms with E-state index in [4.69, 9.17) is 5.21 Å². The van der Waals surface area contributed by atoms with Gasteiger partial charge < -0.3 is 26.0 Å². The van der Waals surface area contributed by atoms with E-state index in [0.717, 1.165) is 0 Å². The highest BCUT2D eigenvalue weighted by Gasteiger charge is 2.23. The monoisotopic (exact) mass is 283 g/mol. The number of hydrogen-bond acceptors (Lipinski definition) is 6. The predicted octanol–water partition coefficient (Wildman–Crippen LogP) is 0.546. The molecule has 0 aliphatic rings. The maximum absolute atomic E-state index is 11.6. The van der Waals surface area contributed by atoms with E-state index in [-0.39, 0.29) is 22.7 Å². The minimum Gasteiger partial charge on any atom is -0.733 e. The van der Waals surface area contributed by atoms with E-state index in [0.29, 0.717) is 5.56 Å². The van der Waals surface area contributed by atoms with Crippen molar-refractivity contribution in [3.63, 3.8) is 0 Å². The number of nitrogens with zero attached hydrogens (tertiary/aromatic N) is 1. The lowest BCUT2D eigenvalue weighted by Gasteiger charge is -2.25. The number of anilines is 1. The molecule has 0 fully saturated rings. The normalized spacial score (nSPS) is 13.9. The Morgan fingerprint density at radius 3 is 2.30 bits per heavy atom. The predicted molar refractivity (Wildman–Crippen MR) is 72.9 cm³/mol. The van der Waals surface area contributed by atoms with Gasteiger partial charge in [0.05, 0.1) is 18.3 Å². The average molecular weight is 283 g/mol. The zero-order chi connectivity index (χ0) is 15.3. The minimum atomic E-state index is -1.12. The number of rotatable bonds is 6. The molecule has 0 heterocycles. The highest BCUT2D eigenvalue weighted by molar-refractivity contribution is 5.78. The molecule has 0 aromatic heterocycles. The maximum atomic E-state index is 11.6. The number of aliphatic hydroxyl groups excluding tert-OH is 2. The average Bonchev–Trinajstić information content (AvgIpc) is 2.43. The fourth-order valence-electron chi connectivity index (χ4n) is 1.61. The molecule has 2 atom stereocenters. The van der Waals surface area contributed by atoms with Crippen LogP contribution in [0.4, 0.5) is 5.69 Å². The van der Waals surface area contributed by atoms with Crippen LogP contribution in [-0.2, 0) is 4.79 Å². The zero-order valence-corrected chi connectivity index (χ0v) is 11.4. The molecule has 0 aliphatic carbocycles. The maximum Gasteiger partial charge on any atom is 0.222 e. The number of amides is 1. The molecule has 4 N–H and O–H groups in total. The fraction of sp³-hybridized carbons (Fsp3) is 0.462. The number of carbonyl (C=O) groups excluding carboxylic acids is 1. The van der Waals surface area contributed by atoms with Gasteiger partial charge in [0.25, 0.3) is 0 Å². The molecule has 1 aromatic rings. The Kier molecular flexibility index (Phi) is 5.90. The molecule has 0 bridgehead atoms. The third-order valence-corrected chi connectivity index (χ3v) is 2.89. The first kappa shape index (κ1) is 16.4. The van der Waals surface area contributed by atoms with Crippen molar-refractivity contribution in [1.82, 2.24) is 5.32 Å². The second-order valence-electron chi connectivity index (χ2n) is 4.76.